The van der Waals surface area contributed by atoms with Crippen LogP contribution in [-0.2, 0) is 0 Å². The number of allylic oxidation sites excluding steroid dienone is 3. The molecule has 0 heteroatoms. The van der Waals surface area contributed by atoms with Gasteiger partial charge in [-0.05, 0) is 43.6 Å². The predicted molar refractivity (Wildman–Crippen MR) is 48.0 cm³/mol. The lowest BCUT2D eigenvalue weighted by Crippen LogP contribution is -1.71. The Bertz CT molecular complexity index is 239. The maximum Gasteiger partial charge on any atom is 0.00923 e. The van der Waals surface area contributed by atoms with Gasteiger partial charge in [-0.25, -0.2) is 0 Å². The molecule has 0 fully saturated rings. The van der Waals surface area contributed by atoms with E-state index in [1.165, 1.54) is 12.8 Å². The molecular weight excluding hydrogens is 132 g/mol. The van der Waals surface area contributed by atoms with Crippen molar-refractivity contribution in [3.8, 4) is 11.8 Å². The van der Waals surface area contributed by atoms with E-state index in [0.29, 0.717) is 0 Å². The Hall–Kier alpha value is -1.18. The van der Waals surface area contributed by atoms with E-state index in [0.717, 1.165) is 12.8 Å². The Balaban J connectivity index is 2.55. The van der Waals surface area contributed by atoms with Crippen LogP contribution in [0, 0.1) is 11.8 Å². The normalized spacial score (nSPS) is 19.6. The molecular formula is C11H12. The topological polar surface area (TPSA) is 0 Å². The highest BCUT2D eigenvalue weighted by molar-refractivity contribution is 5.19. The molecule has 0 aromatic rings. The van der Waals surface area contributed by atoms with Crippen LogP contribution in [0.25, 0.3) is 0 Å². The first-order valence-electron chi connectivity index (χ1n) is 4.04. The minimum Gasteiger partial charge on any atom is -0.125 e. The van der Waals surface area contributed by atoms with Crippen LogP contribution in [0.15, 0.2) is 30.0 Å². The van der Waals surface area contributed by atoms with Gasteiger partial charge >= 0.3 is 0 Å². The summed E-state index contributed by atoms with van der Waals surface area (Å²) in [5.41, 5.74) is 3.08. The van der Waals surface area contributed by atoms with Crippen molar-refractivity contribution in [2.45, 2.75) is 25.7 Å². The molecule has 0 heterocycles. The summed E-state index contributed by atoms with van der Waals surface area (Å²) in [5.74, 6) is 6.05. The van der Waals surface area contributed by atoms with Crippen LogP contribution < -0.4 is 0 Å². The highest BCUT2D eigenvalue weighted by atomic mass is 13.9. The molecule has 56 valence electrons. The molecule has 1 rings (SSSR count). The molecule has 1 aliphatic rings. The number of hydrogen-bond acceptors (Lipinski definition) is 0. The van der Waals surface area contributed by atoms with Crippen LogP contribution in [0.3, 0.4) is 0 Å². The number of hydrogen-bond donors (Lipinski definition) is 0. The van der Waals surface area contributed by atoms with E-state index in [2.05, 4.69) is 23.6 Å². The Morgan fingerprint density at radius 2 is 2.18 bits per heavy atom. The van der Waals surface area contributed by atoms with Gasteiger partial charge in [-0.2, -0.15) is 0 Å². The van der Waals surface area contributed by atoms with Gasteiger partial charge in [0.1, 0.15) is 0 Å². The molecule has 0 saturated carbocycles. The minimum absolute atomic E-state index is 1.03. The zero-order valence-corrected chi connectivity index (χ0v) is 6.64. The second kappa shape index (κ2) is 5.59. The van der Waals surface area contributed by atoms with Gasteiger partial charge in [0.05, 0.1) is 0 Å². The Morgan fingerprint density at radius 3 is 3.18 bits per heavy atom. The minimum atomic E-state index is 1.03. The molecule has 0 saturated heterocycles. The Labute approximate surface area is 68.3 Å². The van der Waals surface area contributed by atoms with E-state index >= 15 is 0 Å². The standard InChI is InChI=1S/C11H12/c1-2-4-6-8-10-11-9-7-5-3-1/h1-3,6H,8-11H2/b3-1-. The summed E-state index contributed by atoms with van der Waals surface area (Å²) in [6.07, 6.45) is 12.4. The molecule has 0 atom stereocenters. The average Bonchev–Trinajstić information content (AvgIpc) is 2.08. The summed E-state index contributed by atoms with van der Waals surface area (Å²) in [7, 11) is 0. The highest BCUT2D eigenvalue weighted by Crippen LogP contribution is 1.99. The zero-order valence-electron chi connectivity index (χ0n) is 6.64. The van der Waals surface area contributed by atoms with Crippen molar-refractivity contribution in [1.82, 2.24) is 0 Å². The van der Waals surface area contributed by atoms with Crippen molar-refractivity contribution in [3.63, 3.8) is 0 Å². The van der Waals surface area contributed by atoms with Gasteiger partial charge < -0.3 is 0 Å². The molecule has 0 unspecified atom stereocenters. The summed E-state index contributed by atoms with van der Waals surface area (Å²) in [6, 6.07) is 0. The lowest BCUT2D eigenvalue weighted by atomic mass is 10.2. The number of rotatable bonds is 0. The van der Waals surface area contributed by atoms with E-state index in [1.807, 2.05) is 18.2 Å². The third kappa shape index (κ3) is 4.25. The van der Waals surface area contributed by atoms with Crippen LogP contribution in [0.4, 0.5) is 0 Å². The van der Waals surface area contributed by atoms with Crippen molar-refractivity contribution in [2.24, 2.45) is 0 Å². The average molecular weight is 144 g/mol. The second-order valence-corrected chi connectivity index (χ2v) is 2.46. The lowest BCUT2D eigenvalue weighted by Gasteiger charge is -1.88. The Morgan fingerprint density at radius 1 is 1.18 bits per heavy atom. The molecule has 0 radical (unpaired) electrons. The predicted octanol–water partition coefficient (Wildman–Crippen LogP) is 2.83. The summed E-state index contributed by atoms with van der Waals surface area (Å²) in [6.45, 7) is 0. The molecule has 0 amide bonds. The smallest absolute Gasteiger partial charge is 0.00923 e. The van der Waals surface area contributed by atoms with Crippen LogP contribution in [-0.4, -0.2) is 0 Å². The lowest BCUT2D eigenvalue weighted by molar-refractivity contribution is 0.772. The van der Waals surface area contributed by atoms with Gasteiger partial charge in [0, 0.05) is 6.42 Å². The quantitative estimate of drug-likeness (QED) is 0.362. The first kappa shape index (κ1) is 7.92. The van der Waals surface area contributed by atoms with E-state index in [4.69, 9.17) is 0 Å². The van der Waals surface area contributed by atoms with Gasteiger partial charge in [0.25, 0.3) is 0 Å². The Kier molecular flexibility index (Phi) is 4.03. The fourth-order valence-corrected chi connectivity index (χ4v) is 0.894. The van der Waals surface area contributed by atoms with Gasteiger partial charge in [0.15, 0.2) is 0 Å². The van der Waals surface area contributed by atoms with Crippen molar-refractivity contribution < 1.29 is 0 Å². The highest BCUT2D eigenvalue weighted by Gasteiger charge is 1.82. The van der Waals surface area contributed by atoms with Gasteiger partial charge in [-0.1, -0.05) is 11.8 Å². The molecule has 0 aliphatic heterocycles. The SMILES string of the molecule is C1=C/C=C\C#CCCCCC=1. The summed E-state index contributed by atoms with van der Waals surface area (Å²) < 4.78 is 0. The molecule has 0 aromatic carbocycles. The first-order chi connectivity index (χ1) is 5.50. The fourth-order valence-electron chi connectivity index (χ4n) is 0.894. The maximum atomic E-state index is 3.08. The van der Waals surface area contributed by atoms with Crippen molar-refractivity contribution in [1.29, 1.82) is 0 Å². The largest absolute Gasteiger partial charge is 0.125 e. The van der Waals surface area contributed by atoms with Crippen LogP contribution in [0.5, 0.6) is 0 Å². The second-order valence-electron chi connectivity index (χ2n) is 2.46. The van der Waals surface area contributed by atoms with E-state index in [1.54, 1.807) is 0 Å². The van der Waals surface area contributed by atoms with Crippen LogP contribution in [0.2, 0.25) is 0 Å². The molecule has 0 nitrogen and oxygen atoms in total. The maximum absolute atomic E-state index is 3.08. The van der Waals surface area contributed by atoms with Crippen molar-refractivity contribution >= 4 is 0 Å². The van der Waals surface area contributed by atoms with E-state index < -0.39 is 0 Å². The van der Waals surface area contributed by atoms with E-state index in [-0.39, 0.29) is 0 Å². The van der Waals surface area contributed by atoms with Crippen molar-refractivity contribution in [3.05, 3.63) is 30.0 Å². The summed E-state index contributed by atoms with van der Waals surface area (Å²) >= 11 is 0. The first-order valence-corrected chi connectivity index (χ1v) is 4.04. The third-order valence-electron chi connectivity index (χ3n) is 1.49. The fraction of sp³-hybridized carbons (Fsp3) is 0.364. The van der Waals surface area contributed by atoms with Crippen LogP contribution >= 0.6 is 0 Å². The summed E-state index contributed by atoms with van der Waals surface area (Å²) in [4.78, 5) is 0. The van der Waals surface area contributed by atoms with Crippen molar-refractivity contribution in [2.75, 3.05) is 0 Å². The van der Waals surface area contributed by atoms with Gasteiger partial charge in [-0.15, -0.1) is 5.73 Å². The molecule has 1 aliphatic carbocycles. The summed E-state index contributed by atoms with van der Waals surface area (Å²) in [5, 5.41) is 0. The molecule has 11 heavy (non-hydrogen) atoms. The van der Waals surface area contributed by atoms with E-state index in [9.17, 15) is 0 Å². The van der Waals surface area contributed by atoms with Gasteiger partial charge in [0.2, 0.25) is 0 Å². The van der Waals surface area contributed by atoms with Gasteiger partial charge in [-0.3, -0.25) is 0 Å². The molecule has 0 N–H and O–H groups in total. The monoisotopic (exact) mass is 144 g/mol. The van der Waals surface area contributed by atoms with Crippen LogP contribution in [0.1, 0.15) is 25.7 Å². The molecule has 0 aromatic heterocycles. The third-order valence-corrected chi connectivity index (χ3v) is 1.49. The molecule has 0 bridgehead atoms. The zero-order chi connectivity index (χ0) is 7.78. The molecule has 0 spiro atoms.